The highest BCUT2D eigenvalue weighted by molar-refractivity contribution is 7.16. The van der Waals surface area contributed by atoms with Crippen LogP contribution in [0.1, 0.15) is 70.5 Å². The van der Waals surface area contributed by atoms with Gasteiger partial charge in [-0.15, -0.1) is 17.9 Å². The summed E-state index contributed by atoms with van der Waals surface area (Å²) in [4.78, 5) is 26.9. The maximum absolute atomic E-state index is 13.4. The van der Waals surface area contributed by atoms with E-state index in [9.17, 15) is 9.59 Å². The number of hydrogen-bond donors (Lipinski definition) is 1. The molecule has 0 saturated heterocycles. The first-order valence-corrected chi connectivity index (χ1v) is 11.5. The highest BCUT2D eigenvalue weighted by Gasteiger charge is 2.24. The number of aryl methyl sites for hydroxylation is 2. The molecule has 1 aromatic carbocycles. The van der Waals surface area contributed by atoms with Gasteiger partial charge in [-0.3, -0.25) is 4.79 Å². The number of benzene rings is 1. The molecule has 5 nitrogen and oxygen atoms in total. The molecule has 1 amide bonds. The molecule has 6 heteroatoms. The van der Waals surface area contributed by atoms with E-state index in [-0.39, 0.29) is 12.5 Å². The third-order valence-electron chi connectivity index (χ3n) is 5.39. The summed E-state index contributed by atoms with van der Waals surface area (Å²) in [5.41, 5.74) is 4.13. The number of ether oxygens (including phenoxy) is 1. The number of hydrogen-bond acceptors (Lipinski definition) is 4. The number of rotatable bonds is 8. The maximum Gasteiger partial charge on any atom is 0.341 e. The summed E-state index contributed by atoms with van der Waals surface area (Å²) < 4.78 is 7.16. The lowest BCUT2D eigenvalue weighted by atomic mass is 10.0. The van der Waals surface area contributed by atoms with Crippen molar-refractivity contribution in [2.75, 3.05) is 11.9 Å². The van der Waals surface area contributed by atoms with Gasteiger partial charge in [-0.2, -0.15) is 0 Å². The van der Waals surface area contributed by atoms with Crippen LogP contribution in [0.2, 0.25) is 0 Å². The molecule has 2 aromatic heterocycles. The van der Waals surface area contributed by atoms with E-state index in [0.29, 0.717) is 28.7 Å². The van der Waals surface area contributed by atoms with E-state index >= 15 is 0 Å². The van der Waals surface area contributed by atoms with Gasteiger partial charge in [0.05, 0.1) is 12.2 Å². The normalized spacial score (nSPS) is 11.2. The second-order valence-corrected chi connectivity index (χ2v) is 8.92. The van der Waals surface area contributed by atoms with Crippen molar-refractivity contribution >= 4 is 39.1 Å². The average molecular weight is 439 g/mol. The molecule has 0 bridgehead atoms. The zero-order valence-electron chi connectivity index (χ0n) is 18.9. The Morgan fingerprint density at radius 2 is 2.00 bits per heavy atom. The first kappa shape index (κ1) is 22.8. The Hall–Kier alpha value is -2.86. The van der Waals surface area contributed by atoms with Crippen LogP contribution in [-0.2, 0) is 17.7 Å². The predicted octanol–water partition coefficient (Wildman–Crippen LogP) is 6.31. The molecule has 0 aliphatic rings. The smallest absolute Gasteiger partial charge is 0.341 e. The highest BCUT2D eigenvalue weighted by Crippen LogP contribution is 2.33. The second-order valence-electron chi connectivity index (χ2n) is 7.79. The number of nitrogens with one attached hydrogen (secondary N) is 1. The molecule has 0 radical (unpaired) electrons. The van der Waals surface area contributed by atoms with Crippen molar-refractivity contribution in [3.8, 4) is 0 Å². The molecule has 164 valence electrons. The van der Waals surface area contributed by atoms with Crippen LogP contribution in [0.4, 0.5) is 5.00 Å². The van der Waals surface area contributed by atoms with Gasteiger partial charge in [0, 0.05) is 22.3 Å². The second kappa shape index (κ2) is 9.52. The lowest BCUT2D eigenvalue weighted by Crippen LogP contribution is -2.19. The summed E-state index contributed by atoms with van der Waals surface area (Å²) in [7, 11) is 0. The Bertz CT molecular complexity index is 1140. The van der Waals surface area contributed by atoms with Gasteiger partial charge >= 0.3 is 5.97 Å². The van der Waals surface area contributed by atoms with Gasteiger partial charge < -0.3 is 14.6 Å². The van der Waals surface area contributed by atoms with Crippen molar-refractivity contribution in [1.29, 1.82) is 0 Å². The van der Waals surface area contributed by atoms with Gasteiger partial charge in [-0.1, -0.05) is 32.9 Å². The van der Waals surface area contributed by atoms with E-state index in [2.05, 4.69) is 43.9 Å². The van der Waals surface area contributed by atoms with Gasteiger partial charge in [0.25, 0.3) is 5.91 Å². The molecule has 0 aliphatic heterocycles. The molecule has 31 heavy (non-hydrogen) atoms. The van der Waals surface area contributed by atoms with Crippen molar-refractivity contribution in [3.05, 3.63) is 64.2 Å². The monoisotopic (exact) mass is 438 g/mol. The molecular formula is C25H30N2O3S. The molecule has 0 spiro atoms. The molecule has 0 saturated carbocycles. The molecular weight excluding hydrogens is 408 g/mol. The van der Waals surface area contributed by atoms with E-state index < -0.39 is 5.97 Å². The highest BCUT2D eigenvalue weighted by atomic mass is 32.1. The first-order valence-electron chi connectivity index (χ1n) is 10.7. The minimum absolute atomic E-state index is 0.239. The number of nitrogens with zero attached hydrogens (tertiary/aromatic N) is 1. The largest absolute Gasteiger partial charge is 0.462 e. The molecule has 3 aromatic rings. The maximum atomic E-state index is 13.4. The van der Waals surface area contributed by atoms with Crippen molar-refractivity contribution in [1.82, 2.24) is 4.57 Å². The van der Waals surface area contributed by atoms with Crippen LogP contribution in [0.5, 0.6) is 0 Å². The number of anilines is 1. The zero-order chi connectivity index (χ0) is 22.7. The van der Waals surface area contributed by atoms with Gasteiger partial charge in [-0.05, 0) is 55.5 Å². The van der Waals surface area contributed by atoms with E-state index in [1.807, 2.05) is 18.4 Å². The first-order chi connectivity index (χ1) is 14.8. The van der Waals surface area contributed by atoms with E-state index in [0.717, 1.165) is 27.8 Å². The quantitative estimate of drug-likeness (QED) is 0.331. The number of fused-ring (bicyclic) bond motifs is 1. The Labute approximate surface area is 187 Å². The van der Waals surface area contributed by atoms with Crippen LogP contribution in [0.25, 0.3) is 10.9 Å². The fraction of sp³-hybridized carbons (Fsp3) is 0.360. The number of thiophene rings is 1. The van der Waals surface area contributed by atoms with Gasteiger partial charge in [0.15, 0.2) is 0 Å². The molecule has 0 aliphatic carbocycles. The van der Waals surface area contributed by atoms with Crippen LogP contribution in [0.15, 0.2) is 36.9 Å². The summed E-state index contributed by atoms with van der Waals surface area (Å²) in [5.74, 6) is -0.259. The lowest BCUT2D eigenvalue weighted by Gasteiger charge is -2.10. The minimum Gasteiger partial charge on any atom is -0.462 e. The number of carbonyl (C=O) groups is 2. The standard InChI is InChI=1S/C25H30N2O3S/c1-7-12-27-21-11-10-17(15(4)5)13-19(21)16(6)22(27)23(28)26-24-20(25(29)30-9-3)14-18(8-2)31-24/h7,10-11,13-15H,1,8-9,12H2,2-6H3,(H,26,28). The molecule has 0 atom stereocenters. The van der Waals surface area contributed by atoms with Crippen LogP contribution >= 0.6 is 11.3 Å². The van der Waals surface area contributed by atoms with Crippen LogP contribution < -0.4 is 5.32 Å². The Morgan fingerprint density at radius 1 is 1.26 bits per heavy atom. The SMILES string of the molecule is C=CCn1c(C(=O)Nc2sc(CC)cc2C(=O)OCC)c(C)c2cc(C(C)C)ccc21. The number of carbonyl (C=O) groups excluding carboxylic acids is 2. The van der Waals surface area contributed by atoms with Crippen LogP contribution in [0.3, 0.4) is 0 Å². The Balaban J connectivity index is 2.08. The van der Waals surface area contributed by atoms with E-state index in [4.69, 9.17) is 4.74 Å². The average Bonchev–Trinajstić information content (AvgIpc) is 3.27. The molecule has 1 N–H and O–H groups in total. The Kier molecular flexibility index (Phi) is 7.01. The molecule has 0 fully saturated rings. The summed E-state index contributed by atoms with van der Waals surface area (Å²) in [6, 6.07) is 8.15. The summed E-state index contributed by atoms with van der Waals surface area (Å²) in [6.45, 7) is 14.7. The van der Waals surface area contributed by atoms with Crippen LogP contribution in [-0.4, -0.2) is 23.1 Å². The fourth-order valence-corrected chi connectivity index (χ4v) is 4.72. The minimum atomic E-state index is -0.418. The van der Waals surface area contributed by atoms with Crippen molar-refractivity contribution in [2.45, 2.75) is 53.5 Å². The van der Waals surface area contributed by atoms with Gasteiger partial charge in [0.2, 0.25) is 0 Å². The summed E-state index contributed by atoms with van der Waals surface area (Å²) in [6.07, 6.45) is 2.57. The zero-order valence-corrected chi connectivity index (χ0v) is 19.7. The Morgan fingerprint density at radius 3 is 2.61 bits per heavy atom. The fourth-order valence-electron chi connectivity index (χ4n) is 3.74. The third-order valence-corrected chi connectivity index (χ3v) is 6.58. The van der Waals surface area contributed by atoms with Gasteiger partial charge in [0.1, 0.15) is 10.7 Å². The molecule has 3 rings (SSSR count). The van der Waals surface area contributed by atoms with E-state index in [1.165, 1.54) is 16.9 Å². The number of allylic oxidation sites excluding steroid dienone is 1. The number of aromatic nitrogens is 1. The van der Waals surface area contributed by atoms with E-state index in [1.54, 1.807) is 19.1 Å². The third kappa shape index (κ3) is 4.44. The molecule has 0 unspecified atom stereocenters. The lowest BCUT2D eigenvalue weighted by molar-refractivity contribution is 0.0528. The van der Waals surface area contributed by atoms with Crippen molar-refractivity contribution in [3.63, 3.8) is 0 Å². The summed E-state index contributed by atoms with van der Waals surface area (Å²) in [5, 5.41) is 4.57. The van der Waals surface area contributed by atoms with Crippen molar-refractivity contribution in [2.24, 2.45) is 0 Å². The molecule has 2 heterocycles. The predicted molar refractivity (Wildman–Crippen MR) is 129 cm³/mol. The number of amides is 1. The topological polar surface area (TPSA) is 60.3 Å². The van der Waals surface area contributed by atoms with Crippen LogP contribution in [0, 0.1) is 6.92 Å². The number of esters is 1. The van der Waals surface area contributed by atoms with Gasteiger partial charge in [-0.25, -0.2) is 4.79 Å². The van der Waals surface area contributed by atoms with Crippen molar-refractivity contribution < 1.29 is 14.3 Å². The summed E-state index contributed by atoms with van der Waals surface area (Å²) >= 11 is 1.41.